The van der Waals surface area contributed by atoms with Crippen LogP contribution in [-0.4, -0.2) is 61.0 Å². The van der Waals surface area contributed by atoms with Crippen LogP contribution in [0.1, 0.15) is 18.5 Å². The van der Waals surface area contributed by atoms with Crippen LogP contribution in [0.4, 0.5) is 4.39 Å². The molecule has 0 amide bonds. The Kier molecular flexibility index (Phi) is 6.42. The SMILES string of the molecule is COc1ccc(-c2nc3n[nH]c(C)c3c3cc(OCC4CCN(C)CC4)c(OC)c(F)c23)cc1Cl. The quantitative estimate of drug-likeness (QED) is 0.372. The lowest BCUT2D eigenvalue weighted by molar-refractivity contribution is 0.157. The number of piperidine rings is 1. The van der Waals surface area contributed by atoms with Crippen molar-refractivity contribution < 1.29 is 18.6 Å². The Bertz CT molecular complexity index is 1400. The second-order valence-corrected chi connectivity index (χ2v) is 9.47. The van der Waals surface area contributed by atoms with E-state index in [1.807, 2.05) is 13.0 Å². The lowest BCUT2D eigenvalue weighted by Crippen LogP contribution is -2.32. The Morgan fingerprint density at radius 3 is 2.57 bits per heavy atom. The van der Waals surface area contributed by atoms with Crippen LogP contribution in [0.5, 0.6) is 17.2 Å². The van der Waals surface area contributed by atoms with Crippen LogP contribution in [-0.2, 0) is 0 Å². The van der Waals surface area contributed by atoms with Crippen molar-refractivity contribution in [2.45, 2.75) is 19.8 Å². The van der Waals surface area contributed by atoms with E-state index in [4.69, 9.17) is 30.8 Å². The maximum Gasteiger partial charge on any atom is 0.197 e. The van der Waals surface area contributed by atoms with Gasteiger partial charge in [-0.1, -0.05) is 11.6 Å². The van der Waals surface area contributed by atoms with Gasteiger partial charge in [0.15, 0.2) is 23.0 Å². The number of hydrogen-bond donors (Lipinski definition) is 1. The summed E-state index contributed by atoms with van der Waals surface area (Å²) in [5, 5.41) is 9.45. The van der Waals surface area contributed by atoms with E-state index in [9.17, 15) is 0 Å². The lowest BCUT2D eigenvalue weighted by atomic mass is 9.98. The Hall–Kier alpha value is -3.10. The molecule has 2 aromatic heterocycles. The number of fused-ring (bicyclic) bond motifs is 3. The zero-order valence-electron chi connectivity index (χ0n) is 20.2. The van der Waals surface area contributed by atoms with E-state index in [1.165, 1.54) is 7.11 Å². The van der Waals surface area contributed by atoms with Gasteiger partial charge in [0.1, 0.15) is 5.75 Å². The molecule has 0 atom stereocenters. The first-order chi connectivity index (χ1) is 16.9. The van der Waals surface area contributed by atoms with Gasteiger partial charge in [-0.2, -0.15) is 5.10 Å². The number of benzene rings is 2. The van der Waals surface area contributed by atoms with Crippen LogP contribution in [0.25, 0.3) is 33.1 Å². The molecule has 0 radical (unpaired) electrons. The number of H-pyrrole nitrogens is 1. The van der Waals surface area contributed by atoms with Gasteiger partial charge in [-0.3, -0.25) is 5.10 Å². The minimum Gasteiger partial charge on any atom is -0.495 e. The van der Waals surface area contributed by atoms with Crippen LogP contribution >= 0.6 is 11.6 Å². The van der Waals surface area contributed by atoms with Crippen LogP contribution in [0, 0.1) is 18.7 Å². The molecule has 4 aromatic rings. The van der Waals surface area contributed by atoms with Gasteiger partial charge in [-0.25, -0.2) is 9.37 Å². The summed E-state index contributed by atoms with van der Waals surface area (Å²) in [4.78, 5) is 7.01. The molecule has 0 bridgehead atoms. The largest absolute Gasteiger partial charge is 0.495 e. The smallest absolute Gasteiger partial charge is 0.197 e. The van der Waals surface area contributed by atoms with Gasteiger partial charge in [-0.05, 0) is 70.1 Å². The molecule has 1 saturated heterocycles. The summed E-state index contributed by atoms with van der Waals surface area (Å²) in [6.45, 7) is 4.47. The third-order valence-corrected chi connectivity index (χ3v) is 7.08. The normalized spacial score (nSPS) is 15.1. The standard InChI is InChI=1S/C26H28ClFN4O3/c1-14-21-17-12-20(35-13-15-7-9-32(2)10-8-15)25(34-4)23(28)22(17)24(29-26(21)31-30-14)16-5-6-19(33-3)18(27)11-16/h5-6,11-12,15H,7-10,13H2,1-4H3,(H,29,30,31). The van der Waals surface area contributed by atoms with Crippen molar-refractivity contribution in [3.8, 4) is 28.5 Å². The Balaban J connectivity index is 1.67. The summed E-state index contributed by atoms with van der Waals surface area (Å²) < 4.78 is 33.1. The molecule has 3 heterocycles. The minimum absolute atomic E-state index is 0.0635. The van der Waals surface area contributed by atoms with Gasteiger partial charge in [0, 0.05) is 27.4 Å². The van der Waals surface area contributed by atoms with Crippen LogP contribution < -0.4 is 14.2 Å². The molecule has 0 unspecified atom stereocenters. The number of likely N-dealkylation sites (tertiary alicyclic amines) is 1. The molecule has 1 N–H and O–H groups in total. The van der Waals surface area contributed by atoms with Gasteiger partial charge >= 0.3 is 0 Å². The number of hydrogen-bond acceptors (Lipinski definition) is 6. The molecule has 35 heavy (non-hydrogen) atoms. The van der Waals surface area contributed by atoms with Gasteiger partial charge in [0.25, 0.3) is 0 Å². The molecule has 184 valence electrons. The van der Waals surface area contributed by atoms with Crippen molar-refractivity contribution in [3.05, 3.63) is 40.8 Å². The summed E-state index contributed by atoms with van der Waals surface area (Å²) in [5.41, 5.74) is 2.34. The van der Waals surface area contributed by atoms with E-state index in [0.29, 0.717) is 56.7 Å². The first kappa shape index (κ1) is 23.6. The molecular formula is C26H28ClFN4O3. The predicted octanol–water partition coefficient (Wildman–Crippen LogP) is 5.62. The molecule has 9 heteroatoms. The van der Waals surface area contributed by atoms with E-state index >= 15 is 4.39 Å². The molecule has 5 rings (SSSR count). The highest BCUT2D eigenvalue weighted by Crippen LogP contribution is 2.44. The number of nitrogens with zero attached hydrogens (tertiary/aromatic N) is 3. The zero-order chi connectivity index (χ0) is 24.7. The van der Waals surface area contributed by atoms with Crippen LogP contribution in [0.2, 0.25) is 5.02 Å². The fourth-order valence-electron chi connectivity index (χ4n) is 4.78. The van der Waals surface area contributed by atoms with E-state index in [1.54, 1.807) is 25.3 Å². The Morgan fingerprint density at radius 2 is 1.89 bits per heavy atom. The maximum atomic E-state index is 16.2. The maximum absolute atomic E-state index is 16.2. The zero-order valence-corrected chi connectivity index (χ0v) is 21.0. The fourth-order valence-corrected chi connectivity index (χ4v) is 5.03. The number of aromatic amines is 1. The average molecular weight is 499 g/mol. The summed E-state index contributed by atoms with van der Waals surface area (Å²) >= 11 is 6.38. The second kappa shape index (κ2) is 9.51. The van der Waals surface area contributed by atoms with Gasteiger partial charge in [-0.15, -0.1) is 0 Å². The van der Waals surface area contributed by atoms with Crippen molar-refractivity contribution in [2.24, 2.45) is 5.92 Å². The molecule has 0 saturated carbocycles. The van der Waals surface area contributed by atoms with Crippen molar-refractivity contribution >= 4 is 33.4 Å². The summed E-state index contributed by atoms with van der Waals surface area (Å²) in [6, 6.07) is 7.09. The number of methoxy groups -OCH3 is 2. The third-order valence-electron chi connectivity index (χ3n) is 6.78. The third kappa shape index (κ3) is 4.25. The monoisotopic (exact) mass is 498 g/mol. The summed E-state index contributed by atoms with van der Waals surface area (Å²) in [6.07, 6.45) is 2.10. The van der Waals surface area contributed by atoms with Crippen molar-refractivity contribution in [2.75, 3.05) is 41.0 Å². The number of nitrogens with one attached hydrogen (secondary N) is 1. The highest BCUT2D eigenvalue weighted by molar-refractivity contribution is 6.32. The second-order valence-electron chi connectivity index (χ2n) is 9.06. The highest BCUT2D eigenvalue weighted by atomic mass is 35.5. The van der Waals surface area contributed by atoms with Gasteiger partial charge < -0.3 is 19.1 Å². The number of ether oxygens (including phenoxy) is 3. The van der Waals surface area contributed by atoms with Crippen molar-refractivity contribution in [1.82, 2.24) is 20.1 Å². The molecule has 1 aliphatic heterocycles. The summed E-state index contributed by atoms with van der Waals surface area (Å²) in [7, 11) is 5.12. The molecule has 0 spiro atoms. The van der Waals surface area contributed by atoms with Crippen molar-refractivity contribution in [1.29, 1.82) is 0 Å². The van der Waals surface area contributed by atoms with Crippen molar-refractivity contribution in [3.63, 3.8) is 0 Å². The van der Waals surface area contributed by atoms with Gasteiger partial charge in [0.2, 0.25) is 0 Å². The minimum atomic E-state index is -0.527. The number of halogens is 2. The first-order valence-corrected chi connectivity index (χ1v) is 12.0. The molecular weight excluding hydrogens is 471 g/mol. The Morgan fingerprint density at radius 1 is 1.11 bits per heavy atom. The van der Waals surface area contributed by atoms with E-state index in [-0.39, 0.29) is 5.75 Å². The van der Waals surface area contributed by atoms with E-state index < -0.39 is 5.82 Å². The number of aromatic nitrogens is 3. The molecule has 1 aliphatic rings. The number of aryl methyl sites for hydroxylation is 1. The van der Waals surface area contributed by atoms with Gasteiger partial charge in [0.05, 0.1) is 31.5 Å². The molecule has 2 aromatic carbocycles. The molecule has 1 fully saturated rings. The topological polar surface area (TPSA) is 72.5 Å². The predicted molar refractivity (Wildman–Crippen MR) is 135 cm³/mol. The molecule has 0 aliphatic carbocycles. The average Bonchev–Trinajstić information content (AvgIpc) is 3.23. The van der Waals surface area contributed by atoms with E-state index in [0.717, 1.165) is 37.0 Å². The Labute approximate surface area is 208 Å². The van der Waals surface area contributed by atoms with Crippen LogP contribution in [0.15, 0.2) is 24.3 Å². The number of rotatable bonds is 6. The van der Waals surface area contributed by atoms with E-state index in [2.05, 4.69) is 22.1 Å². The first-order valence-electron chi connectivity index (χ1n) is 11.6. The number of pyridine rings is 1. The fraction of sp³-hybridized carbons (Fsp3) is 0.385. The lowest BCUT2D eigenvalue weighted by Gasteiger charge is -2.29. The molecule has 7 nitrogen and oxygen atoms in total. The summed E-state index contributed by atoms with van der Waals surface area (Å²) in [5.74, 6) is 0.857. The van der Waals surface area contributed by atoms with Crippen LogP contribution in [0.3, 0.4) is 0 Å². The highest BCUT2D eigenvalue weighted by Gasteiger charge is 2.25.